The van der Waals surface area contributed by atoms with Gasteiger partial charge in [0.2, 0.25) is 0 Å². The number of fused-ring (bicyclic) bond motifs is 1. The Hall–Kier alpha value is -2.62. The van der Waals surface area contributed by atoms with Crippen LogP contribution in [0.5, 0.6) is 23.0 Å². The highest BCUT2D eigenvalue weighted by molar-refractivity contribution is 5.64. The van der Waals surface area contributed by atoms with E-state index in [1.54, 1.807) is 24.3 Å². The summed E-state index contributed by atoms with van der Waals surface area (Å²) in [6.07, 6.45) is 3.96. The summed E-state index contributed by atoms with van der Waals surface area (Å²) in [7, 11) is 1.51. The fraction of sp³-hybridized carbons (Fsp3) is 0.176. The van der Waals surface area contributed by atoms with Crippen molar-refractivity contribution < 1.29 is 19.7 Å². The van der Waals surface area contributed by atoms with E-state index in [9.17, 15) is 10.2 Å². The molecule has 0 spiro atoms. The number of hydrogen-bond donors (Lipinski definition) is 2. The molecule has 2 N–H and O–H groups in total. The van der Waals surface area contributed by atoms with E-state index in [0.717, 1.165) is 11.1 Å². The van der Waals surface area contributed by atoms with Gasteiger partial charge in [0.1, 0.15) is 11.5 Å². The maximum absolute atomic E-state index is 9.83. The fourth-order valence-corrected chi connectivity index (χ4v) is 2.37. The molecular weight excluding hydrogens is 268 g/mol. The van der Waals surface area contributed by atoms with E-state index in [0.29, 0.717) is 18.1 Å². The molecule has 0 fully saturated rings. The lowest BCUT2D eigenvalue weighted by Gasteiger charge is -2.14. The van der Waals surface area contributed by atoms with Gasteiger partial charge in [-0.25, -0.2) is 0 Å². The molecule has 0 amide bonds. The third-order valence-electron chi connectivity index (χ3n) is 3.56. The molecule has 1 atom stereocenters. The van der Waals surface area contributed by atoms with Crippen LogP contribution >= 0.6 is 0 Å². The van der Waals surface area contributed by atoms with Crippen molar-refractivity contribution in [1.29, 1.82) is 0 Å². The van der Waals surface area contributed by atoms with Gasteiger partial charge >= 0.3 is 0 Å². The molecule has 4 heteroatoms. The van der Waals surface area contributed by atoms with Crippen LogP contribution in [0.2, 0.25) is 0 Å². The van der Waals surface area contributed by atoms with Crippen LogP contribution in [0.3, 0.4) is 0 Å². The molecule has 0 saturated heterocycles. The van der Waals surface area contributed by atoms with Gasteiger partial charge in [0, 0.05) is 17.5 Å². The molecule has 0 bridgehead atoms. The molecule has 1 aliphatic heterocycles. The van der Waals surface area contributed by atoms with Crippen molar-refractivity contribution in [2.24, 2.45) is 0 Å². The molecule has 2 aromatic rings. The molecule has 4 nitrogen and oxygen atoms in total. The summed E-state index contributed by atoms with van der Waals surface area (Å²) in [4.78, 5) is 0. The maximum atomic E-state index is 9.83. The second-order valence-electron chi connectivity index (χ2n) is 4.93. The van der Waals surface area contributed by atoms with Crippen molar-refractivity contribution >= 4 is 6.08 Å². The van der Waals surface area contributed by atoms with Crippen LogP contribution in [-0.4, -0.2) is 23.9 Å². The van der Waals surface area contributed by atoms with Crippen LogP contribution in [0.1, 0.15) is 17.0 Å². The van der Waals surface area contributed by atoms with Gasteiger partial charge in [0.15, 0.2) is 11.5 Å². The van der Waals surface area contributed by atoms with Gasteiger partial charge in [-0.05, 0) is 23.8 Å². The molecule has 0 saturated carbocycles. The number of rotatable bonds is 2. The van der Waals surface area contributed by atoms with Crippen LogP contribution in [-0.2, 0) is 0 Å². The molecule has 3 rings (SSSR count). The summed E-state index contributed by atoms with van der Waals surface area (Å²) in [5.74, 6) is 1.50. The SMILES string of the molecule is COc1cc2c(cc1O)C=C[C@@H](c1ccc(O)cc1)CO2. The molecule has 0 radical (unpaired) electrons. The molecule has 1 heterocycles. The predicted octanol–water partition coefficient (Wildman–Crippen LogP) is 3.30. The van der Waals surface area contributed by atoms with Crippen LogP contribution in [0.25, 0.3) is 6.08 Å². The van der Waals surface area contributed by atoms with Crippen molar-refractivity contribution in [3.05, 3.63) is 53.6 Å². The lowest BCUT2D eigenvalue weighted by Crippen LogP contribution is -2.07. The Balaban J connectivity index is 1.90. The van der Waals surface area contributed by atoms with Crippen molar-refractivity contribution in [3.8, 4) is 23.0 Å². The lowest BCUT2D eigenvalue weighted by atomic mass is 9.99. The van der Waals surface area contributed by atoms with Gasteiger partial charge in [0.05, 0.1) is 13.7 Å². The Morgan fingerprint density at radius 3 is 2.62 bits per heavy atom. The largest absolute Gasteiger partial charge is 0.508 e. The van der Waals surface area contributed by atoms with Crippen molar-refractivity contribution in [3.63, 3.8) is 0 Å². The van der Waals surface area contributed by atoms with Crippen LogP contribution in [0, 0.1) is 0 Å². The van der Waals surface area contributed by atoms with E-state index in [-0.39, 0.29) is 17.4 Å². The Morgan fingerprint density at radius 1 is 1.14 bits per heavy atom. The number of phenols is 2. The standard InChI is InChI=1S/C17H16O4/c1-20-17-9-16-12(8-15(17)19)2-3-13(10-21-16)11-4-6-14(18)7-5-11/h2-9,13,18-19H,10H2,1H3/t13-/m1/s1. The molecule has 1 aliphatic rings. The van der Waals surface area contributed by atoms with Crippen LogP contribution < -0.4 is 9.47 Å². The highest BCUT2D eigenvalue weighted by Gasteiger charge is 2.16. The highest BCUT2D eigenvalue weighted by atomic mass is 16.5. The summed E-state index contributed by atoms with van der Waals surface area (Å²) in [6.45, 7) is 0.488. The first-order valence-corrected chi connectivity index (χ1v) is 6.68. The van der Waals surface area contributed by atoms with Crippen LogP contribution in [0.4, 0.5) is 0 Å². The average Bonchev–Trinajstić information content (AvgIpc) is 2.69. The maximum Gasteiger partial charge on any atom is 0.164 e. The zero-order chi connectivity index (χ0) is 14.8. The second-order valence-corrected chi connectivity index (χ2v) is 4.93. The Labute approximate surface area is 122 Å². The van der Waals surface area contributed by atoms with E-state index in [1.165, 1.54) is 7.11 Å². The third kappa shape index (κ3) is 2.65. The van der Waals surface area contributed by atoms with Gasteiger partial charge in [-0.3, -0.25) is 0 Å². The summed E-state index contributed by atoms with van der Waals surface area (Å²) in [6, 6.07) is 10.4. The van der Waals surface area contributed by atoms with Crippen molar-refractivity contribution in [1.82, 2.24) is 0 Å². The van der Waals surface area contributed by atoms with Gasteiger partial charge in [0.25, 0.3) is 0 Å². The monoisotopic (exact) mass is 284 g/mol. The minimum atomic E-state index is 0.0890. The number of aromatic hydroxyl groups is 2. The Morgan fingerprint density at radius 2 is 1.90 bits per heavy atom. The number of ether oxygens (including phenoxy) is 2. The second kappa shape index (κ2) is 5.40. The number of benzene rings is 2. The van der Waals surface area contributed by atoms with E-state index in [1.807, 2.05) is 24.3 Å². The highest BCUT2D eigenvalue weighted by Crippen LogP contribution is 2.37. The minimum Gasteiger partial charge on any atom is -0.508 e. The Bertz CT molecular complexity index is 674. The zero-order valence-corrected chi connectivity index (χ0v) is 11.6. The van der Waals surface area contributed by atoms with Gasteiger partial charge < -0.3 is 19.7 Å². The fourth-order valence-electron chi connectivity index (χ4n) is 2.37. The quantitative estimate of drug-likeness (QED) is 0.888. The smallest absolute Gasteiger partial charge is 0.164 e. The summed E-state index contributed by atoms with van der Waals surface area (Å²) in [5, 5.41) is 19.2. The summed E-state index contributed by atoms with van der Waals surface area (Å²) in [5.41, 5.74) is 1.88. The third-order valence-corrected chi connectivity index (χ3v) is 3.56. The van der Waals surface area contributed by atoms with Gasteiger partial charge in [-0.1, -0.05) is 24.3 Å². The first-order chi connectivity index (χ1) is 10.2. The minimum absolute atomic E-state index is 0.0890. The summed E-state index contributed by atoms with van der Waals surface area (Å²) < 4.78 is 10.9. The Kier molecular flexibility index (Phi) is 3.44. The van der Waals surface area contributed by atoms with E-state index in [2.05, 4.69) is 0 Å². The van der Waals surface area contributed by atoms with E-state index in [4.69, 9.17) is 9.47 Å². The first-order valence-electron chi connectivity index (χ1n) is 6.68. The number of hydrogen-bond acceptors (Lipinski definition) is 4. The topological polar surface area (TPSA) is 58.9 Å². The van der Waals surface area contributed by atoms with E-state index < -0.39 is 0 Å². The molecule has 2 aromatic carbocycles. The molecule has 0 aliphatic carbocycles. The van der Waals surface area contributed by atoms with E-state index >= 15 is 0 Å². The molecule has 0 unspecified atom stereocenters. The summed E-state index contributed by atoms with van der Waals surface area (Å²) >= 11 is 0. The number of phenolic OH excluding ortho intramolecular Hbond substituents is 2. The van der Waals surface area contributed by atoms with Crippen LogP contribution in [0.15, 0.2) is 42.5 Å². The molecular formula is C17H16O4. The zero-order valence-electron chi connectivity index (χ0n) is 11.6. The molecule has 21 heavy (non-hydrogen) atoms. The lowest BCUT2D eigenvalue weighted by molar-refractivity contribution is 0.303. The first kappa shape index (κ1) is 13.4. The predicted molar refractivity (Wildman–Crippen MR) is 80.0 cm³/mol. The molecule has 108 valence electrons. The van der Waals surface area contributed by atoms with Crippen molar-refractivity contribution in [2.45, 2.75) is 5.92 Å². The average molecular weight is 284 g/mol. The molecule has 0 aromatic heterocycles. The van der Waals surface area contributed by atoms with Crippen molar-refractivity contribution in [2.75, 3.05) is 13.7 Å². The van der Waals surface area contributed by atoms with Gasteiger partial charge in [-0.15, -0.1) is 0 Å². The normalized spacial score (nSPS) is 16.7. The number of methoxy groups -OCH3 is 1. The van der Waals surface area contributed by atoms with Gasteiger partial charge in [-0.2, -0.15) is 0 Å².